The van der Waals surface area contributed by atoms with Crippen LogP contribution in [0.3, 0.4) is 0 Å². The van der Waals surface area contributed by atoms with E-state index in [1.54, 1.807) is 31.3 Å². The lowest BCUT2D eigenvalue weighted by atomic mass is 10.2. The van der Waals surface area contributed by atoms with Crippen molar-refractivity contribution >= 4 is 34.6 Å². The largest absolute Gasteiger partial charge is 0.497 e. The first-order valence-corrected chi connectivity index (χ1v) is 11.0. The number of imide groups is 1. The van der Waals surface area contributed by atoms with Crippen molar-refractivity contribution < 1.29 is 14.3 Å². The van der Waals surface area contributed by atoms with E-state index in [4.69, 9.17) is 4.74 Å². The van der Waals surface area contributed by atoms with E-state index < -0.39 is 17.3 Å². The van der Waals surface area contributed by atoms with E-state index in [2.05, 4.69) is 9.97 Å². The molecule has 2 aromatic heterocycles. The standard InChI is InChI=1S/C22H25N7O5/c1-25-18-17(20(32)26(2)22(25)33)23-21(24-18)28-9-7-27(8-10-28)15-12-16(30)29(19(15)31)13-5-4-6-14(11-13)34-3/h4-6,11,15H,7-10,12H2,1-3H3,(H,23,24). The number of fused-ring (bicyclic) bond motifs is 1. The number of hydrogen-bond donors (Lipinski definition) is 1. The fraction of sp³-hybridized carbons (Fsp3) is 0.409. The molecule has 4 heterocycles. The van der Waals surface area contributed by atoms with E-state index >= 15 is 0 Å². The fourth-order valence-electron chi connectivity index (χ4n) is 4.63. The van der Waals surface area contributed by atoms with Crippen LogP contribution in [0.4, 0.5) is 11.6 Å². The number of aryl methyl sites for hydroxylation is 1. The van der Waals surface area contributed by atoms with Gasteiger partial charge in [-0.05, 0) is 12.1 Å². The number of benzene rings is 1. The first kappa shape index (κ1) is 21.9. The van der Waals surface area contributed by atoms with E-state index in [-0.39, 0.29) is 23.8 Å². The number of rotatable bonds is 4. The smallest absolute Gasteiger partial charge is 0.332 e. The molecule has 2 aliphatic heterocycles. The van der Waals surface area contributed by atoms with E-state index in [1.807, 2.05) is 9.80 Å². The van der Waals surface area contributed by atoms with Gasteiger partial charge in [0.05, 0.1) is 25.3 Å². The van der Waals surface area contributed by atoms with E-state index in [9.17, 15) is 19.2 Å². The van der Waals surface area contributed by atoms with Gasteiger partial charge in [0.25, 0.3) is 11.5 Å². The van der Waals surface area contributed by atoms with Gasteiger partial charge in [-0.3, -0.25) is 28.4 Å². The number of hydrogen-bond acceptors (Lipinski definition) is 8. The Morgan fingerprint density at radius 3 is 2.47 bits per heavy atom. The highest BCUT2D eigenvalue weighted by molar-refractivity contribution is 6.22. The SMILES string of the molecule is COc1cccc(N2C(=O)CC(N3CCN(c4nc5c([nH]4)c(=O)n(C)c(=O)n5C)CC3)C2=O)c1. The Bertz CT molecular complexity index is 1410. The number of aromatic nitrogens is 4. The monoisotopic (exact) mass is 467 g/mol. The molecular formula is C22H25N7O5. The Kier molecular flexibility index (Phi) is 5.24. The molecule has 12 nitrogen and oxygen atoms in total. The Balaban J connectivity index is 1.32. The molecule has 1 N–H and O–H groups in total. The van der Waals surface area contributed by atoms with Gasteiger partial charge >= 0.3 is 5.69 Å². The highest BCUT2D eigenvalue weighted by atomic mass is 16.5. The van der Waals surface area contributed by atoms with Gasteiger partial charge in [-0.15, -0.1) is 0 Å². The molecule has 34 heavy (non-hydrogen) atoms. The predicted molar refractivity (Wildman–Crippen MR) is 124 cm³/mol. The molecule has 5 rings (SSSR count). The maximum absolute atomic E-state index is 13.1. The summed E-state index contributed by atoms with van der Waals surface area (Å²) in [6.45, 7) is 2.18. The lowest BCUT2D eigenvalue weighted by Gasteiger charge is -2.36. The molecule has 12 heteroatoms. The summed E-state index contributed by atoms with van der Waals surface area (Å²) in [4.78, 5) is 63.2. The molecule has 0 radical (unpaired) electrons. The van der Waals surface area contributed by atoms with E-state index in [1.165, 1.54) is 23.6 Å². The number of methoxy groups -OCH3 is 1. The molecule has 0 aliphatic carbocycles. The maximum Gasteiger partial charge on any atom is 0.332 e. The van der Waals surface area contributed by atoms with Crippen LogP contribution in [-0.4, -0.2) is 75.1 Å². The number of carbonyl (C=O) groups excluding carboxylic acids is 2. The first-order chi connectivity index (χ1) is 16.3. The number of amides is 2. The maximum atomic E-state index is 13.1. The zero-order chi connectivity index (χ0) is 24.1. The average molecular weight is 467 g/mol. The van der Waals surface area contributed by atoms with Crippen molar-refractivity contribution in [2.24, 2.45) is 14.1 Å². The molecule has 3 aromatic rings. The van der Waals surface area contributed by atoms with E-state index in [0.717, 1.165) is 4.57 Å². The topological polar surface area (TPSA) is 126 Å². The van der Waals surface area contributed by atoms with Crippen molar-refractivity contribution in [2.45, 2.75) is 12.5 Å². The van der Waals surface area contributed by atoms with Gasteiger partial charge in [0.15, 0.2) is 11.2 Å². The Morgan fingerprint density at radius 1 is 1.03 bits per heavy atom. The van der Waals surface area contributed by atoms with Gasteiger partial charge in [0.2, 0.25) is 11.9 Å². The quantitative estimate of drug-likeness (QED) is 0.506. The van der Waals surface area contributed by atoms with Crippen molar-refractivity contribution in [1.82, 2.24) is 24.0 Å². The Hall–Kier alpha value is -3.93. The molecule has 0 saturated carbocycles. The summed E-state index contributed by atoms with van der Waals surface area (Å²) >= 11 is 0. The van der Waals surface area contributed by atoms with Gasteiger partial charge in [0, 0.05) is 46.3 Å². The molecule has 1 aromatic carbocycles. The summed E-state index contributed by atoms with van der Waals surface area (Å²) in [6.07, 6.45) is 0.124. The van der Waals surface area contributed by atoms with Crippen LogP contribution >= 0.6 is 0 Å². The van der Waals surface area contributed by atoms with Crippen molar-refractivity contribution in [3.05, 3.63) is 45.1 Å². The van der Waals surface area contributed by atoms with Crippen LogP contribution in [0.1, 0.15) is 6.42 Å². The Morgan fingerprint density at radius 2 is 1.76 bits per heavy atom. The number of nitrogens with zero attached hydrogens (tertiary/aromatic N) is 6. The molecule has 2 fully saturated rings. The molecule has 2 amide bonds. The van der Waals surface area contributed by atoms with Gasteiger partial charge in [-0.25, -0.2) is 9.69 Å². The van der Waals surface area contributed by atoms with Gasteiger partial charge in [-0.1, -0.05) is 6.07 Å². The molecule has 0 bridgehead atoms. The minimum absolute atomic E-state index is 0.124. The number of carbonyl (C=O) groups is 2. The van der Waals surface area contributed by atoms with Crippen molar-refractivity contribution in [2.75, 3.05) is 43.1 Å². The van der Waals surface area contributed by atoms with Gasteiger partial charge < -0.3 is 14.6 Å². The van der Waals surface area contributed by atoms with Crippen molar-refractivity contribution in [1.29, 1.82) is 0 Å². The highest BCUT2D eigenvalue weighted by Gasteiger charge is 2.43. The lowest BCUT2D eigenvalue weighted by molar-refractivity contribution is -0.123. The van der Waals surface area contributed by atoms with Gasteiger partial charge in [0.1, 0.15) is 5.75 Å². The number of H-pyrrole nitrogens is 1. The van der Waals surface area contributed by atoms with Gasteiger partial charge in [-0.2, -0.15) is 4.98 Å². The summed E-state index contributed by atoms with van der Waals surface area (Å²) in [5.74, 6) is 0.599. The minimum Gasteiger partial charge on any atom is -0.497 e. The first-order valence-electron chi connectivity index (χ1n) is 11.0. The highest BCUT2D eigenvalue weighted by Crippen LogP contribution is 2.29. The third kappa shape index (κ3) is 3.37. The summed E-state index contributed by atoms with van der Waals surface area (Å²) in [6, 6.07) is 6.38. The summed E-state index contributed by atoms with van der Waals surface area (Å²) in [7, 11) is 4.54. The van der Waals surface area contributed by atoms with Crippen molar-refractivity contribution in [3.8, 4) is 5.75 Å². The number of aromatic amines is 1. The molecule has 2 saturated heterocycles. The van der Waals surface area contributed by atoms with Crippen LogP contribution in [0.25, 0.3) is 11.2 Å². The Labute approximate surface area is 194 Å². The predicted octanol–water partition coefficient (Wildman–Crippen LogP) is -0.577. The van der Waals surface area contributed by atoms with Crippen LogP contribution in [0.5, 0.6) is 5.75 Å². The van der Waals surface area contributed by atoms with Crippen LogP contribution in [-0.2, 0) is 23.7 Å². The summed E-state index contributed by atoms with van der Waals surface area (Å²) in [5.41, 5.74) is 0.210. The summed E-state index contributed by atoms with van der Waals surface area (Å²) in [5, 5.41) is 0. The number of nitrogens with one attached hydrogen (secondary N) is 1. The van der Waals surface area contributed by atoms with Crippen molar-refractivity contribution in [3.63, 3.8) is 0 Å². The normalized spacial score (nSPS) is 19.4. The number of imidazole rings is 1. The van der Waals surface area contributed by atoms with Crippen LogP contribution < -0.4 is 25.8 Å². The second-order valence-electron chi connectivity index (χ2n) is 8.48. The number of piperazine rings is 1. The third-order valence-electron chi connectivity index (χ3n) is 6.57. The number of ether oxygens (including phenoxy) is 1. The third-order valence-corrected chi connectivity index (χ3v) is 6.57. The summed E-state index contributed by atoms with van der Waals surface area (Å²) < 4.78 is 7.59. The second-order valence-corrected chi connectivity index (χ2v) is 8.48. The molecule has 178 valence electrons. The van der Waals surface area contributed by atoms with Crippen LogP contribution in [0, 0.1) is 0 Å². The zero-order valence-electron chi connectivity index (χ0n) is 19.1. The minimum atomic E-state index is -0.523. The zero-order valence-corrected chi connectivity index (χ0v) is 19.1. The van der Waals surface area contributed by atoms with E-state index in [0.29, 0.717) is 49.2 Å². The number of anilines is 2. The molecule has 0 spiro atoms. The second kappa shape index (κ2) is 8.13. The molecule has 1 atom stereocenters. The average Bonchev–Trinajstić information content (AvgIpc) is 3.43. The fourth-order valence-corrected chi connectivity index (χ4v) is 4.63. The molecular weight excluding hydrogens is 442 g/mol. The molecule has 2 aliphatic rings. The van der Waals surface area contributed by atoms with Crippen LogP contribution in [0.2, 0.25) is 0 Å². The lowest BCUT2D eigenvalue weighted by Crippen LogP contribution is -2.52. The van der Waals surface area contributed by atoms with Crippen LogP contribution in [0.15, 0.2) is 33.9 Å². The molecule has 1 unspecified atom stereocenters.